The molecule has 0 radical (unpaired) electrons. The largest absolute Gasteiger partial charge is 0.507 e. The van der Waals surface area contributed by atoms with Gasteiger partial charge in [0, 0.05) is 17.2 Å². The van der Waals surface area contributed by atoms with Crippen molar-refractivity contribution < 1.29 is 22.7 Å². The lowest BCUT2D eigenvalue weighted by molar-refractivity contribution is 0.103. The third-order valence-electron chi connectivity index (χ3n) is 3.09. The Morgan fingerprint density at radius 2 is 2.00 bits per heavy atom. The Bertz CT molecular complexity index is 1040. The second kappa shape index (κ2) is 6.49. The molecular weight excluding hydrogens is 372 g/mol. The molecule has 2 heterocycles. The molecule has 0 fully saturated rings. The summed E-state index contributed by atoms with van der Waals surface area (Å²) in [6.45, 7) is 0. The summed E-state index contributed by atoms with van der Waals surface area (Å²) in [6, 6.07) is 6.61. The van der Waals surface area contributed by atoms with Gasteiger partial charge in [0.05, 0.1) is 10.5 Å². The van der Waals surface area contributed by atoms with Crippen molar-refractivity contribution in [2.75, 3.05) is 0 Å². The van der Waals surface area contributed by atoms with Crippen LogP contribution in [0.3, 0.4) is 0 Å². The van der Waals surface area contributed by atoms with Crippen LogP contribution in [0.2, 0.25) is 5.02 Å². The number of benzene rings is 1. The third kappa shape index (κ3) is 3.44. The van der Waals surface area contributed by atoms with Gasteiger partial charge in [-0.3, -0.25) is 4.79 Å². The number of furan rings is 1. The number of allylic oxidation sites excluding steroid dienone is 1. The van der Waals surface area contributed by atoms with Crippen LogP contribution in [0.4, 0.5) is 0 Å². The molecule has 1 aromatic carbocycles. The standard InChI is InChI=1S/C14H9ClN4O5S/c15-9-1-3-10(4-2-9)25(22,23)13-5-8(7-24-13)11(20)6-12(21)14-16-18-19-17-14/h1-7,20H,(H,16,17,18,19). The molecule has 2 aromatic heterocycles. The molecule has 0 aliphatic carbocycles. The minimum absolute atomic E-state index is 0.00406. The molecule has 0 spiro atoms. The summed E-state index contributed by atoms with van der Waals surface area (Å²) in [6.07, 6.45) is 1.84. The molecule has 9 nitrogen and oxygen atoms in total. The Morgan fingerprint density at radius 1 is 1.28 bits per heavy atom. The van der Waals surface area contributed by atoms with Crippen molar-refractivity contribution in [2.45, 2.75) is 9.99 Å². The summed E-state index contributed by atoms with van der Waals surface area (Å²) < 4.78 is 29.9. The van der Waals surface area contributed by atoms with E-state index in [1.54, 1.807) is 0 Å². The second-order valence-electron chi connectivity index (χ2n) is 4.74. The second-order valence-corrected chi connectivity index (χ2v) is 7.06. The first-order valence-corrected chi connectivity index (χ1v) is 8.52. The summed E-state index contributed by atoms with van der Waals surface area (Å²) in [5, 5.41) is 22.2. The first-order chi connectivity index (χ1) is 11.9. The number of ketones is 1. The SMILES string of the molecule is O=C(C=C(O)c1coc(S(=O)(=O)c2ccc(Cl)cc2)c1)c1nn[nH]n1. The van der Waals surface area contributed by atoms with E-state index in [9.17, 15) is 18.3 Å². The van der Waals surface area contributed by atoms with Crippen molar-refractivity contribution in [3.63, 3.8) is 0 Å². The fraction of sp³-hybridized carbons (Fsp3) is 0. The lowest BCUT2D eigenvalue weighted by Gasteiger charge is -2.00. The van der Waals surface area contributed by atoms with Crippen LogP contribution in [0.25, 0.3) is 5.76 Å². The Morgan fingerprint density at radius 3 is 2.64 bits per heavy atom. The molecule has 11 heteroatoms. The number of hydrogen-bond donors (Lipinski definition) is 2. The number of rotatable bonds is 5. The smallest absolute Gasteiger partial charge is 0.244 e. The molecule has 2 N–H and O–H groups in total. The monoisotopic (exact) mass is 380 g/mol. The highest BCUT2D eigenvalue weighted by atomic mass is 35.5. The van der Waals surface area contributed by atoms with Crippen LogP contribution in [-0.2, 0) is 9.84 Å². The summed E-state index contributed by atoms with van der Waals surface area (Å²) >= 11 is 5.74. The number of tetrazole rings is 1. The Balaban J connectivity index is 1.89. The Hall–Kier alpha value is -2.98. The first kappa shape index (κ1) is 16.9. The van der Waals surface area contributed by atoms with E-state index in [1.165, 1.54) is 24.3 Å². The van der Waals surface area contributed by atoms with Crippen LogP contribution in [0, 0.1) is 0 Å². The molecule has 128 valence electrons. The van der Waals surface area contributed by atoms with Crippen molar-refractivity contribution in [1.82, 2.24) is 20.6 Å². The zero-order chi connectivity index (χ0) is 18.0. The van der Waals surface area contributed by atoms with Crippen LogP contribution in [0.5, 0.6) is 0 Å². The van der Waals surface area contributed by atoms with Crippen molar-refractivity contribution >= 4 is 33.0 Å². The average molecular weight is 381 g/mol. The number of aliphatic hydroxyl groups excluding tert-OH is 1. The van der Waals surface area contributed by atoms with Crippen LogP contribution in [-0.4, -0.2) is 39.9 Å². The number of halogens is 1. The summed E-state index contributed by atoms with van der Waals surface area (Å²) in [5.74, 6) is -1.46. The van der Waals surface area contributed by atoms with E-state index in [-0.39, 0.29) is 16.3 Å². The van der Waals surface area contributed by atoms with Crippen molar-refractivity contribution in [2.24, 2.45) is 0 Å². The van der Waals surface area contributed by atoms with Crippen molar-refractivity contribution in [3.8, 4) is 0 Å². The maximum atomic E-state index is 12.5. The lowest BCUT2D eigenvalue weighted by atomic mass is 10.2. The van der Waals surface area contributed by atoms with Gasteiger partial charge in [-0.1, -0.05) is 11.6 Å². The van der Waals surface area contributed by atoms with E-state index in [0.29, 0.717) is 5.02 Å². The van der Waals surface area contributed by atoms with Crippen LogP contribution in [0.1, 0.15) is 16.2 Å². The number of carbonyl (C=O) groups excluding carboxylic acids is 1. The van der Waals surface area contributed by atoms with E-state index in [4.69, 9.17) is 16.0 Å². The lowest BCUT2D eigenvalue weighted by Crippen LogP contribution is -2.00. The number of sulfone groups is 1. The number of hydrogen-bond acceptors (Lipinski definition) is 8. The summed E-state index contributed by atoms with van der Waals surface area (Å²) in [5.41, 5.74) is 0.00406. The molecule has 0 aliphatic rings. The number of H-pyrrole nitrogens is 1. The maximum Gasteiger partial charge on any atom is 0.244 e. The molecule has 0 atom stereocenters. The number of aromatic amines is 1. The van der Waals surface area contributed by atoms with Crippen molar-refractivity contribution in [3.05, 3.63) is 59.1 Å². The molecule has 3 rings (SSSR count). The van der Waals surface area contributed by atoms with Gasteiger partial charge in [0.2, 0.25) is 26.5 Å². The van der Waals surface area contributed by atoms with Gasteiger partial charge in [-0.25, -0.2) is 8.42 Å². The normalized spacial score (nSPS) is 12.3. The maximum absolute atomic E-state index is 12.5. The van der Waals surface area contributed by atoms with E-state index in [0.717, 1.165) is 18.4 Å². The van der Waals surface area contributed by atoms with Gasteiger partial charge in [0.25, 0.3) is 0 Å². The van der Waals surface area contributed by atoms with E-state index >= 15 is 0 Å². The van der Waals surface area contributed by atoms with E-state index < -0.39 is 26.5 Å². The van der Waals surface area contributed by atoms with E-state index in [1.807, 2.05) is 0 Å². The Labute approximate surface area is 145 Å². The highest BCUT2D eigenvalue weighted by molar-refractivity contribution is 7.91. The van der Waals surface area contributed by atoms with Gasteiger partial charge >= 0.3 is 0 Å². The molecule has 25 heavy (non-hydrogen) atoms. The topological polar surface area (TPSA) is 139 Å². The predicted molar refractivity (Wildman–Crippen MR) is 84.7 cm³/mol. The number of nitrogens with one attached hydrogen (secondary N) is 1. The highest BCUT2D eigenvalue weighted by Gasteiger charge is 2.23. The van der Waals surface area contributed by atoms with Gasteiger partial charge in [0.1, 0.15) is 12.0 Å². The first-order valence-electron chi connectivity index (χ1n) is 6.66. The molecule has 0 saturated heterocycles. The molecule has 0 unspecified atom stereocenters. The number of aliphatic hydroxyl groups is 1. The van der Waals surface area contributed by atoms with Crippen LogP contribution >= 0.6 is 11.6 Å². The van der Waals surface area contributed by atoms with E-state index in [2.05, 4.69) is 20.6 Å². The number of aromatic nitrogens is 4. The predicted octanol–water partition coefficient (Wildman–Crippen LogP) is 2.06. The number of carbonyl (C=O) groups is 1. The minimum Gasteiger partial charge on any atom is -0.507 e. The molecule has 0 bridgehead atoms. The van der Waals surface area contributed by atoms with Crippen LogP contribution in [0.15, 0.2) is 57.1 Å². The fourth-order valence-corrected chi connectivity index (χ4v) is 3.17. The quantitative estimate of drug-likeness (QED) is 0.389. The van der Waals surface area contributed by atoms with Gasteiger partial charge in [-0.2, -0.15) is 5.21 Å². The third-order valence-corrected chi connectivity index (χ3v) is 4.98. The zero-order valence-electron chi connectivity index (χ0n) is 12.2. The number of nitrogens with zero attached hydrogens (tertiary/aromatic N) is 3. The van der Waals surface area contributed by atoms with Gasteiger partial charge in [-0.15, -0.1) is 10.2 Å². The zero-order valence-corrected chi connectivity index (χ0v) is 13.8. The molecule has 0 amide bonds. The van der Waals surface area contributed by atoms with Gasteiger partial charge in [-0.05, 0) is 29.5 Å². The molecular formula is C14H9ClN4O5S. The van der Waals surface area contributed by atoms with Crippen LogP contribution < -0.4 is 0 Å². The molecule has 3 aromatic rings. The minimum atomic E-state index is -3.93. The average Bonchev–Trinajstić information content (AvgIpc) is 3.27. The molecule has 0 saturated carbocycles. The summed E-state index contributed by atoms with van der Waals surface area (Å²) in [7, 11) is -3.93. The molecule has 0 aliphatic heterocycles. The van der Waals surface area contributed by atoms with Crippen molar-refractivity contribution in [1.29, 1.82) is 0 Å². The van der Waals surface area contributed by atoms with Gasteiger partial charge < -0.3 is 9.52 Å². The highest BCUT2D eigenvalue weighted by Crippen LogP contribution is 2.26. The summed E-state index contributed by atoms with van der Waals surface area (Å²) in [4.78, 5) is 11.7. The van der Waals surface area contributed by atoms with Gasteiger partial charge in [0.15, 0.2) is 0 Å². The Kier molecular flexibility index (Phi) is 4.38. The fourth-order valence-electron chi connectivity index (χ4n) is 1.86.